The van der Waals surface area contributed by atoms with E-state index in [1.165, 1.54) is 13.4 Å². The predicted octanol–water partition coefficient (Wildman–Crippen LogP) is 2.99. The van der Waals surface area contributed by atoms with Crippen LogP contribution >= 0.6 is 35.4 Å². The van der Waals surface area contributed by atoms with Gasteiger partial charge in [-0.2, -0.15) is 0 Å². The smallest absolute Gasteiger partial charge is 0.331 e. The van der Waals surface area contributed by atoms with E-state index in [0.717, 1.165) is 6.42 Å². The number of benzene rings is 2. The number of nitrogens with two attached hydrogens (primary N) is 1. The van der Waals surface area contributed by atoms with Gasteiger partial charge in [0.25, 0.3) is 0 Å². The van der Waals surface area contributed by atoms with Crippen LogP contribution in [-0.4, -0.2) is 18.5 Å². The number of carbonyl (C=O) groups excluding carboxylic acids is 2. The molecule has 0 atom stereocenters. The maximum absolute atomic E-state index is 12.1. The van der Waals surface area contributed by atoms with Gasteiger partial charge in [0.1, 0.15) is 0 Å². The van der Waals surface area contributed by atoms with Gasteiger partial charge >= 0.3 is 6.03 Å². The van der Waals surface area contributed by atoms with Crippen molar-refractivity contribution in [2.45, 2.75) is 6.42 Å². The first-order chi connectivity index (χ1) is 11.0. The molecule has 0 fully saturated rings. The fraction of sp³-hybridized carbons (Fsp3) is 0.125. The van der Waals surface area contributed by atoms with E-state index in [4.69, 9.17) is 5.73 Å². The van der Waals surface area contributed by atoms with Crippen LogP contribution in [0.25, 0.3) is 0 Å². The van der Waals surface area contributed by atoms with Gasteiger partial charge in [-0.1, -0.05) is 31.0 Å². The first-order valence-electron chi connectivity index (χ1n) is 6.89. The Morgan fingerprint density at radius 2 is 1.78 bits per heavy atom. The van der Waals surface area contributed by atoms with Crippen molar-refractivity contribution in [3.63, 3.8) is 0 Å². The van der Waals surface area contributed by atoms with E-state index in [1.807, 2.05) is 24.3 Å². The van der Waals surface area contributed by atoms with Crippen molar-refractivity contribution in [3.8, 4) is 0 Å². The van der Waals surface area contributed by atoms with Gasteiger partial charge < -0.3 is 11.1 Å². The molecule has 0 aliphatic carbocycles. The standard InChI is InChI=1S/C16H16IN3O2S/c17-14-4-2-1-3-11(14)9-10-19-16(22)20(23)13-7-5-12(6-8-13)15(18)21/h1-8,23H,9-10H2,(H2,18,21)(H,19,22). The third kappa shape index (κ3) is 4.87. The molecule has 0 saturated carbocycles. The second-order valence-electron chi connectivity index (χ2n) is 4.80. The van der Waals surface area contributed by atoms with E-state index in [9.17, 15) is 9.59 Å². The Morgan fingerprint density at radius 1 is 1.13 bits per heavy atom. The summed E-state index contributed by atoms with van der Waals surface area (Å²) >= 11 is 6.46. The topological polar surface area (TPSA) is 75.4 Å². The van der Waals surface area contributed by atoms with Crippen LogP contribution in [0.2, 0.25) is 0 Å². The van der Waals surface area contributed by atoms with Crippen LogP contribution in [0.15, 0.2) is 48.5 Å². The summed E-state index contributed by atoms with van der Waals surface area (Å²) in [6.45, 7) is 0.509. The molecule has 2 rings (SSSR count). The van der Waals surface area contributed by atoms with Crippen molar-refractivity contribution in [2.75, 3.05) is 10.8 Å². The second-order valence-corrected chi connectivity index (χ2v) is 6.36. The van der Waals surface area contributed by atoms with Crippen LogP contribution < -0.4 is 15.4 Å². The number of urea groups is 1. The van der Waals surface area contributed by atoms with Crippen LogP contribution in [-0.2, 0) is 6.42 Å². The average molecular weight is 441 g/mol. The lowest BCUT2D eigenvalue weighted by molar-refractivity contribution is 0.100. The molecule has 0 bridgehead atoms. The van der Waals surface area contributed by atoms with Gasteiger partial charge in [-0.25, -0.2) is 9.10 Å². The van der Waals surface area contributed by atoms with Crippen LogP contribution in [0.5, 0.6) is 0 Å². The zero-order valence-electron chi connectivity index (χ0n) is 12.2. The fourth-order valence-corrected chi connectivity index (χ4v) is 2.83. The van der Waals surface area contributed by atoms with E-state index in [2.05, 4.69) is 40.7 Å². The zero-order chi connectivity index (χ0) is 16.8. The van der Waals surface area contributed by atoms with Crippen molar-refractivity contribution >= 4 is 53.0 Å². The highest BCUT2D eigenvalue weighted by molar-refractivity contribution is 14.1. The van der Waals surface area contributed by atoms with Crippen LogP contribution in [0.4, 0.5) is 10.5 Å². The van der Waals surface area contributed by atoms with Gasteiger partial charge in [0.15, 0.2) is 0 Å². The summed E-state index contributed by atoms with van der Waals surface area (Å²) in [6.07, 6.45) is 0.743. The Morgan fingerprint density at radius 3 is 2.39 bits per heavy atom. The van der Waals surface area contributed by atoms with Crippen molar-refractivity contribution in [2.24, 2.45) is 5.73 Å². The van der Waals surface area contributed by atoms with Crippen molar-refractivity contribution in [3.05, 3.63) is 63.2 Å². The maximum atomic E-state index is 12.1. The van der Waals surface area contributed by atoms with Crippen LogP contribution in [0.1, 0.15) is 15.9 Å². The van der Waals surface area contributed by atoms with E-state index in [-0.39, 0.29) is 6.03 Å². The molecular formula is C16H16IN3O2S. The summed E-state index contributed by atoms with van der Waals surface area (Å²) in [7, 11) is 0. The third-order valence-corrected chi connectivity index (χ3v) is 4.68. The number of amides is 3. The van der Waals surface area contributed by atoms with Crippen LogP contribution in [0, 0.1) is 3.57 Å². The Bertz CT molecular complexity index is 707. The minimum Gasteiger partial charge on any atom is -0.366 e. The molecule has 0 heterocycles. The minimum absolute atomic E-state index is 0.328. The molecule has 0 aliphatic heterocycles. The van der Waals surface area contributed by atoms with Crippen LogP contribution in [0.3, 0.4) is 0 Å². The highest BCUT2D eigenvalue weighted by Gasteiger charge is 2.12. The first kappa shape index (κ1) is 17.6. The molecule has 2 aromatic carbocycles. The molecule has 3 amide bonds. The van der Waals surface area contributed by atoms with Crippen molar-refractivity contribution in [1.82, 2.24) is 5.32 Å². The quantitative estimate of drug-likeness (QED) is 0.493. The summed E-state index contributed by atoms with van der Waals surface area (Å²) in [5, 5.41) is 2.81. The molecule has 0 aliphatic rings. The number of halogens is 1. The van der Waals surface area contributed by atoms with Gasteiger partial charge in [-0.3, -0.25) is 4.79 Å². The number of anilines is 1. The van der Waals surface area contributed by atoms with Crippen molar-refractivity contribution < 1.29 is 9.59 Å². The number of nitrogens with zero attached hydrogens (tertiary/aromatic N) is 1. The lowest BCUT2D eigenvalue weighted by atomic mass is 10.1. The van der Waals surface area contributed by atoms with Gasteiger partial charge in [0.2, 0.25) is 5.91 Å². The normalized spacial score (nSPS) is 10.2. The predicted molar refractivity (Wildman–Crippen MR) is 103 cm³/mol. The van der Waals surface area contributed by atoms with E-state index in [0.29, 0.717) is 17.8 Å². The molecule has 0 spiro atoms. The molecule has 23 heavy (non-hydrogen) atoms. The van der Waals surface area contributed by atoms with Gasteiger partial charge in [-0.05, 0) is 64.9 Å². The number of rotatable bonds is 5. The number of carbonyl (C=O) groups is 2. The third-order valence-electron chi connectivity index (χ3n) is 3.22. The van der Waals surface area contributed by atoms with E-state index < -0.39 is 5.91 Å². The highest BCUT2D eigenvalue weighted by Crippen LogP contribution is 2.17. The number of primary amides is 1. The summed E-state index contributed by atoms with van der Waals surface area (Å²) in [5.74, 6) is -0.510. The molecule has 0 aromatic heterocycles. The number of hydrogen-bond acceptors (Lipinski definition) is 3. The van der Waals surface area contributed by atoms with Gasteiger partial charge in [-0.15, -0.1) is 0 Å². The maximum Gasteiger partial charge on any atom is 0.331 e. The zero-order valence-corrected chi connectivity index (χ0v) is 15.3. The second kappa shape index (κ2) is 8.21. The van der Waals surface area contributed by atoms with Crippen molar-refractivity contribution in [1.29, 1.82) is 0 Å². The summed E-state index contributed by atoms with van der Waals surface area (Å²) in [6, 6.07) is 14.0. The Hall–Kier alpha value is -1.74. The highest BCUT2D eigenvalue weighted by atomic mass is 127. The number of nitrogens with one attached hydrogen (secondary N) is 1. The summed E-state index contributed by atoms with van der Waals surface area (Å²) in [4.78, 5) is 23.1. The first-order valence-corrected chi connectivity index (χ1v) is 8.37. The molecule has 2 aromatic rings. The van der Waals surface area contributed by atoms with Gasteiger partial charge in [0.05, 0.1) is 5.69 Å². The Balaban J connectivity index is 1.90. The Labute approximate surface area is 153 Å². The fourth-order valence-electron chi connectivity index (χ4n) is 1.96. The van der Waals surface area contributed by atoms with Gasteiger partial charge in [0, 0.05) is 15.7 Å². The molecule has 0 radical (unpaired) electrons. The lowest BCUT2D eigenvalue weighted by Gasteiger charge is -2.17. The molecule has 0 saturated heterocycles. The molecular weight excluding hydrogens is 425 g/mol. The minimum atomic E-state index is -0.510. The lowest BCUT2D eigenvalue weighted by Crippen LogP contribution is -2.35. The van der Waals surface area contributed by atoms with E-state index >= 15 is 0 Å². The summed E-state index contributed by atoms with van der Waals surface area (Å²) < 4.78 is 2.37. The Kier molecular flexibility index (Phi) is 6.28. The number of hydrogen-bond donors (Lipinski definition) is 3. The average Bonchev–Trinajstić information content (AvgIpc) is 2.56. The summed E-state index contributed by atoms with van der Waals surface area (Å²) in [5.41, 5.74) is 7.31. The molecule has 5 nitrogen and oxygen atoms in total. The number of thiol groups is 1. The molecule has 3 N–H and O–H groups in total. The monoisotopic (exact) mass is 441 g/mol. The SMILES string of the molecule is NC(=O)c1ccc(N(S)C(=O)NCCc2ccccc2I)cc1. The van der Waals surface area contributed by atoms with E-state index in [1.54, 1.807) is 24.3 Å². The molecule has 7 heteroatoms. The largest absolute Gasteiger partial charge is 0.366 e. The molecule has 120 valence electrons. The molecule has 0 unspecified atom stereocenters.